The number of rotatable bonds is 2. The summed E-state index contributed by atoms with van der Waals surface area (Å²) in [5, 5.41) is 0. The lowest BCUT2D eigenvalue weighted by Gasteiger charge is -2.10. The molecule has 0 fully saturated rings. The molecule has 0 aliphatic rings. The lowest BCUT2D eigenvalue weighted by molar-refractivity contribution is 0.628. The number of nitrogens with zero attached hydrogens (tertiary/aromatic N) is 3. The fourth-order valence-electron chi connectivity index (χ4n) is 3.25. The largest absolute Gasteiger partial charge is 0.276 e. The van der Waals surface area contributed by atoms with E-state index in [0.717, 1.165) is 33.5 Å². The van der Waals surface area contributed by atoms with Crippen LogP contribution in [-0.2, 0) is 0 Å². The van der Waals surface area contributed by atoms with Gasteiger partial charge in [0, 0.05) is 5.56 Å². The van der Waals surface area contributed by atoms with Gasteiger partial charge in [-0.3, -0.25) is 4.40 Å². The van der Waals surface area contributed by atoms with Crippen molar-refractivity contribution in [2.24, 2.45) is 0 Å². The molecule has 0 aliphatic carbocycles. The van der Waals surface area contributed by atoms with Crippen molar-refractivity contribution in [2.45, 2.75) is 0 Å². The van der Waals surface area contributed by atoms with Gasteiger partial charge in [0.25, 0.3) is 0 Å². The quantitative estimate of drug-likeness (QED) is 0.434. The van der Waals surface area contributed by atoms with Crippen molar-refractivity contribution in [1.29, 1.82) is 0 Å². The minimum absolute atomic E-state index is 0.252. The van der Waals surface area contributed by atoms with E-state index in [2.05, 4.69) is 4.98 Å². The zero-order valence-corrected chi connectivity index (χ0v) is 13.8. The fraction of sp³-hybridized carbons (Fsp3) is 0. The molecule has 0 saturated carbocycles. The highest BCUT2D eigenvalue weighted by Crippen LogP contribution is 2.29. The lowest BCUT2D eigenvalue weighted by Crippen LogP contribution is -1.97. The van der Waals surface area contributed by atoms with Crippen LogP contribution in [-0.4, -0.2) is 14.4 Å². The van der Waals surface area contributed by atoms with Gasteiger partial charge in [-0.1, -0.05) is 42.5 Å². The summed E-state index contributed by atoms with van der Waals surface area (Å²) in [4.78, 5) is 9.45. The highest BCUT2D eigenvalue weighted by Gasteiger charge is 2.14. The van der Waals surface area contributed by atoms with Crippen molar-refractivity contribution in [3.05, 3.63) is 90.7 Å². The summed E-state index contributed by atoms with van der Waals surface area (Å²) < 4.78 is 15.4. The van der Waals surface area contributed by atoms with Gasteiger partial charge in [0.1, 0.15) is 5.82 Å². The van der Waals surface area contributed by atoms with E-state index in [4.69, 9.17) is 4.98 Å². The zero-order valence-electron chi connectivity index (χ0n) is 13.8. The number of hydrogen-bond acceptors (Lipinski definition) is 2. The minimum atomic E-state index is -0.252. The number of halogens is 1. The number of hydrogen-bond donors (Lipinski definition) is 0. The van der Waals surface area contributed by atoms with E-state index in [-0.39, 0.29) is 5.82 Å². The molecule has 0 aliphatic heterocycles. The molecule has 2 aromatic heterocycles. The van der Waals surface area contributed by atoms with E-state index < -0.39 is 0 Å². The van der Waals surface area contributed by atoms with Crippen molar-refractivity contribution in [3.63, 3.8) is 0 Å². The Kier molecular flexibility index (Phi) is 3.28. The first-order valence-electron chi connectivity index (χ1n) is 8.39. The Bertz CT molecular complexity index is 1230. The Morgan fingerprint density at radius 1 is 0.692 bits per heavy atom. The van der Waals surface area contributed by atoms with Gasteiger partial charge in [0.2, 0.25) is 5.78 Å². The van der Waals surface area contributed by atoms with Gasteiger partial charge in [-0.2, -0.15) is 0 Å². The number of para-hydroxylation sites is 2. The maximum Gasteiger partial charge on any atom is 0.235 e. The minimum Gasteiger partial charge on any atom is -0.276 e. The van der Waals surface area contributed by atoms with Crippen LogP contribution in [0.5, 0.6) is 0 Å². The number of aromatic nitrogens is 3. The van der Waals surface area contributed by atoms with Crippen LogP contribution in [0.1, 0.15) is 0 Å². The SMILES string of the molecule is Fc1ccc(-c2cc(-c3ccccc3)nc3nc4ccccc4n23)cc1. The fourth-order valence-corrected chi connectivity index (χ4v) is 3.25. The second-order valence-corrected chi connectivity index (χ2v) is 6.14. The first kappa shape index (κ1) is 14.8. The Balaban J connectivity index is 1.88. The first-order valence-corrected chi connectivity index (χ1v) is 8.39. The number of fused-ring (bicyclic) bond motifs is 3. The molecule has 0 unspecified atom stereocenters. The van der Waals surface area contributed by atoms with Crippen molar-refractivity contribution < 1.29 is 4.39 Å². The highest BCUT2D eigenvalue weighted by molar-refractivity contribution is 5.84. The van der Waals surface area contributed by atoms with Gasteiger partial charge < -0.3 is 0 Å². The van der Waals surface area contributed by atoms with Crippen LogP contribution in [0.25, 0.3) is 39.3 Å². The molecule has 124 valence electrons. The van der Waals surface area contributed by atoms with Gasteiger partial charge in [0.15, 0.2) is 0 Å². The summed E-state index contributed by atoms with van der Waals surface area (Å²) in [6.07, 6.45) is 0. The van der Waals surface area contributed by atoms with E-state index in [9.17, 15) is 4.39 Å². The van der Waals surface area contributed by atoms with Gasteiger partial charge in [-0.15, -0.1) is 0 Å². The average molecular weight is 339 g/mol. The molecule has 0 bridgehead atoms. The van der Waals surface area contributed by atoms with Gasteiger partial charge in [-0.25, -0.2) is 14.4 Å². The molecule has 0 amide bonds. The van der Waals surface area contributed by atoms with Crippen LogP contribution >= 0.6 is 0 Å². The van der Waals surface area contributed by atoms with Crippen molar-refractivity contribution in [2.75, 3.05) is 0 Å². The third-order valence-corrected chi connectivity index (χ3v) is 4.49. The summed E-state index contributed by atoms with van der Waals surface area (Å²) in [5.41, 5.74) is 5.57. The summed E-state index contributed by atoms with van der Waals surface area (Å²) in [6.45, 7) is 0. The second kappa shape index (κ2) is 5.77. The molecule has 5 aromatic rings. The monoisotopic (exact) mass is 339 g/mol. The summed E-state index contributed by atoms with van der Waals surface area (Å²) in [5.74, 6) is 0.379. The van der Waals surface area contributed by atoms with Gasteiger partial charge in [-0.05, 0) is 48.0 Å². The molecule has 0 spiro atoms. The van der Waals surface area contributed by atoms with Gasteiger partial charge in [0.05, 0.1) is 22.4 Å². The highest BCUT2D eigenvalue weighted by atomic mass is 19.1. The molecule has 0 atom stereocenters. The summed E-state index contributed by atoms with van der Waals surface area (Å²) >= 11 is 0. The van der Waals surface area contributed by atoms with Crippen LogP contribution < -0.4 is 0 Å². The molecule has 2 heterocycles. The standard InChI is InChI=1S/C22H14FN3/c23-17-12-10-16(11-13-17)21-14-19(15-6-2-1-3-7-15)25-22-24-18-8-4-5-9-20(18)26(21)22/h1-14H. The molecule has 4 heteroatoms. The van der Waals surface area contributed by atoms with E-state index in [0.29, 0.717) is 5.78 Å². The van der Waals surface area contributed by atoms with Crippen molar-refractivity contribution >= 4 is 16.8 Å². The third kappa shape index (κ3) is 2.35. The molecule has 0 radical (unpaired) electrons. The third-order valence-electron chi connectivity index (χ3n) is 4.49. The van der Waals surface area contributed by atoms with Crippen molar-refractivity contribution in [1.82, 2.24) is 14.4 Å². The normalized spacial score (nSPS) is 11.3. The molecule has 5 rings (SSSR count). The Morgan fingerprint density at radius 3 is 2.23 bits per heavy atom. The van der Waals surface area contributed by atoms with Crippen LogP contribution in [0.2, 0.25) is 0 Å². The summed E-state index contributed by atoms with van der Waals surface area (Å²) in [7, 11) is 0. The molecule has 3 nitrogen and oxygen atoms in total. The zero-order chi connectivity index (χ0) is 17.5. The van der Waals surface area contributed by atoms with Crippen LogP contribution in [0.3, 0.4) is 0 Å². The molecular weight excluding hydrogens is 325 g/mol. The smallest absolute Gasteiger partial charge is 0.235 e. The summed E-state index contributed by atoms with van der Waals surface area (Å²) in [6, 6.07) is 26.5. The Morgan fingerprint density at radius 2 is 1.42 bits per heavy atom. The lowest BCUT2D eigenvalue weighted by atomic mass is 10.1. The van der Waals surface area contributed by atoms with E-state index >= 15 is 0 Å². The van der Waals surface area contributed by atoms with Crippen LogP contribution in [0.15, 0.2) is 84.9 Å². The maximum absolute atomic E-state index is 13.4. The van der Waals surface area contributed by atoms with E-state index in [1.165, 1.54) is 12.1 Å². The van der Waals surface area contributed by atoms with Gasteiger partial charge >= 0.3 is 0 Å². The molecule has 0 saturated heterocycles. The predicted octanol–water partition coefficient (Wildman–Crippen LogP) is 5.36. The maximum atomic E-state index is 13.4. The van der Waals surface area contributed by atoms with Crippen molar-refractivity contribution in [3.8, 4) is 22.5 Å². The topological polar surface area (TPSA) is 30.2 Å². The van der Waals surface area contributed by atoms with Crippen LogP contribution in [0.4, 0.5) is 4.39 Å². The molecular formula is C22H14FN3. The number of benzene rings is 3. The first-order chi connectivity index (χ1) is 12.8. The second-order valence-electron chi connectivity index (χ2n) is 6.14. The molecule has 26 heavy (non-hydrogen) atoms. The predicted molar refractivity (Wildman–Crippen MR) is 101 cm³/mol. The van der Waals surface area contributed by atoms with E-state index in [1.54, 1.807) is 12.1 Å². The Labute approximate surface area is 149 Å². The molecule has 0 N–H and O–H groups in total. The Hall–Kier alpha value is -3.53. The van der Waals surface area contributed by atoms with Crippen LogP contribution in [0, 0.1) is 5.82 Å². The number of imidazole rings is 1. The van der Waals surface area contributed by atoms with E-state index in [1.807, 2.05) is 65.1 Å². The molecule has 3 aromatic carbocycles. The average Bonchev–Trinajstić information content (AvgIpc) is 3.07.